The van der Waals surface area contributed by atoms with Crippen LogP contribution in [0.15, 0.2) is 30.3 Å². The highest BCUT2D eigenvalue weighted by molar-refractivity contribution is 5.69. The summed E-state index contributed by atoms with van der Waals surface area (Å²) in [5, 5.41) is 0. The molecule has 0 bridgehead atoms. The summed E-state index contributed by atoms with van der Waals surface area (Å²) in [5.74, 6) is 0.844. The smallest absolute Gasteiger partial charge is 0.410 e. The van der Waals surface area contributed by atoms with E-state index in [0.717, 1.165) is 44.2 Å². The number of piperidine rings is 1. The summed E-state index contributed by atoms with van der Waals surface area (Å²) in [7, 11) is 0. The lowest BCUT2D eigenvalue weighted by Gasteiger charge is -2.34. The van der Waals surface area contributed by atoms with Gasteiger partial charge in [-0.05, 0) is 84.1 Å². The summed E-state index contributed by atoms with van der Waals surface area (Å²) < 4.78 is 11.1. The zero-order valence-corrected chi connectivity index (χ0v) is 21.6. The predicted octanol–water partition coefficient (Wildman–Crippen LogP) is 5.18. The lowest BCUT2D eigenvalue weighted by Crippen LogP contribution is -2.45. The van der Waals surface area contributed by atoms with Crippen molar-refractivity contribution in [3.8, 4) is 0 Å². The Morgan fingerprint density at radius 2 is 1.76 bits per heavy atom. The molecule has 2 atom stereocenters. The molecule has 2 aliphatic heterocycles. The summed E-state index contributed by atoms with van der Waals surface area (Å²) in [6.07, 6.45) is 4.24. The van der Waals surface area contributed by atoms with E-state index in [1.807, 2.05) is 56.0 Å². The van der Waals surface area contributed by atoms with Crippen LogP contribution in [0.5, 0.6) is 0 Å². The molecule has 2 saturated heterocycles. The number of hydrogen-bond donors (Lipinski definition) is 1. The normalized spacial score (nSPS) is 21.9. The fourth-order valence-corrected chi connectivity index (χ4v) is 5.20. The second-order valence-corrected chi connectivity index (χ2v) is 11.6. The molecule has 2 fully saturated rings. The highest BCUT2D eigenvalue weighted by Crippen LogP contribution is 2.37. The lowest BCUT2D eigenvalue weighted by atomic mass is 9.85. The first-order valence-corrected chi connectivity index (χ1v) is 12.7. The zero-order valence-electron chi connectivity index (χ0n) is 21.6. The molecule has 2 heterocycles. The van der Waals surface area contributed by atoms with Gasteiger partial charge in [-0.15, -0.1) is 0 Å². The molecule has 190 valence electrons. The Morgan fingerprint density at radius 3 is 2.38 bits per heavy atom. The number of nitrogens with two attached hydrogens (primary N) is 1. The number of carbonyl (C=O) groups is 2. The molecule has 1 aromatic carbocycles. The Labute approximate surface area is 204 Å². The second-order valence-electron chi connectivity index (χ2n) is 11.6. The third-order valence-corrected chi connectivity index (χ3v) is 7.09. The van der Waals surface area contributed by atoms with Crippen molar-refractivity contribution in [2.24, 2.45) is 17.6 Å². The summed E-state index contributed by atoms with van der Waals surface area (Å²) in [6, 6.07) is 9.86. The summed E-state index contributed by atoms with van der Waals surface area (Å²) >= 11 is 0. The number of rotatable bonds is 6. The Morgan fingerprint density at radius 1 is 1.12 bits per heavy atom. The molecule has 2 N–H and O–H groups in total. The first kappa shape index (κ1) is 26.3. The minimum absolute atomic E-state index is 0.112. The maximum absolute atomic E-state index is 12.7. The number of hydrogen-bond acceptors (Lipinski definition) is 5. The highest BCUT2D eigenvalue weighted by atomic mass is 16.6. The van der Waals surface area contributed by atoms with E-state index in [0.29, 0.717) is 31.5 Å². The molecule has 1 aromatic rings. The number of amides is 2. The zero-order chi connectivity index (χ0) is 24.9. The van der Waals surface area contributed by atoms with Crippen LogP contribution in [-0.4, -0.2) is 58.8 Å². The summed E-state index contributed by atoms with van der Waals surface area (Å²) in [6.45, 7) is 12.3. The molecular formula is C27H43N3O4. The van der Waals surface area contributed by atoms with Crippen molar-refractivity contribution in [2.75, 3.05) is 19.6 Å². The van der Waals surface area contributed by atoms with Crippen LogP contribution in [-0.2, 0) is 16.1 Å². The minimum Gasteiger partial charge on any atom is -0.445 e. The molecule has 0 radical (unpaired) electrons. The summed E-state index contributed by atoms with van der Waals surface area (Å²) in [4.78, 5) is 28.7. The van der Waals surface area contributed by atoms with E-state index in [1.165, 1.54) is 0 Å². The van der Waals surface area contributed by atoms with Gasteiger partial charge in [-0.25, -0.2) is 9.59 Å². The molecule has 0 saturated carbocycles. The van der Waals surface area contributed by atoms with E-state index < -0.39 is 5.60 Å². The van der Waals surface area contributed by atoms with Gasteiger partial charge in [0, 0.05) is 31.2 Å². The number of likely N-dealkylation sites (tertiary alicyclic amines) is 2. The van der Waals surface area contributed by atoms with E-state index in [-0.39, 0.29) is 23.8 Å². The van der Waals surface area contributed by atoms with Crippen molar-refractivity contribution in [2.45, 2.75) is 90.5 Å². The van der Waals surface area contributed by atoms with E-state index in [1.54, 1.807) is 4.90 Å². The Bertz CT molecular complexity index is 813. The van der Waals surface area contributed by atoms with Gasteiger partial charge in [0.15, 0.2) is 0 Å². The molecule has 3 rings (SSSR count). The molecule has 2 amide bonds. The maximum atomic E-state index is 12.7. The Hall–Kier alpha value is -2.28. The molecular weight excluding hydrogens is 430 g/mol. The van der Waals surface area contributed by atoms with Gasteiger partial charge in [0.1, 0.15) is 12.2 Å². The van der Waals surface area contributed by atoms with Gasteiger partial charge in [0.25, 0.3) is 0 Å². The van der Waals surface area contributed by atoms with Crippen LogP contribution in [0.4, 0.5) is 9.59 Å². The van der Waals surface area contributed by atoms with Crippen LogP contribution in [0, 0.1) is 11.8 Å². The number of carbonyl (C=O) groups excluding carboxylic acids is 2. The van der Waals surface area contributed by atoms with Crippen LogP contribution in [0.3, 0.4) is 0 Å². The van der Waals surface area contributed by atoms with E-state index >= 15 is 0 Å². The average Bonchev–Trinajstić information content (AvgIpc) is 3.10. The largest absolute Gasteiger partial charge is 0.445 e. The average molecular weight is 474 g/mol. The minimum atomic E-state index is -0.490. The van der Waals surface area contributed by atoms with Crippen LogP contribution >= 0.6 is 0 Å². The van der Waals surface area contributed by atoms with Crippen molar-refractivity contribution in [1.82, 2.24) is 9.80 Å². The molecule has 7 nitrogen and oxygen atoms in total. The van der Waals surface area contributed by atoms with Crippen molar-refractivity contribution in [1.29, 1.82) is 0 Å². The van der Waals surface area contributed by atoms with Crippen molar-refractivity contribution in [3.63, 3.8) is 0 Å². The predicted molar refractivity (Wildman–Crippen MR) is 133 cm³/mol. The van der Waals surface area contributed by atoms with E-state index in [9.17, 15) is 9.59 Å². The third-order valence-electron chi connectivity index (χ3n) is 7.09. The Balaban J connectivity index is 1.39. The molecule has 0 aliphatic carbocycles. The SMILES string of the molecule is CC(C)(C)OC(=O)N1CC(CCC(N)C2CCN(C(=O)OCc3ccccc3)CC2)CC1(C)C. The van der Waals surface area contributed by atoms with Crippen LogP contribution in [0.25, 0.3) is 0 Å². The van der Waals surface area contributed by atoms with Gasteiger partial charge in [-0.2, -0.15) is 0 Å². The topological polar surface area (TPSA) is 85.1 Å². The molecule has 34 heavy (non-hydrogen) atoms. The highest BCUT2D eigenvalue weighted by Gasteiger charge is 2.43. The quantitative estimate of drug-likeness (QED) is 0.615. The van der Waals surface area contributed by atoms with Gasteiger partial charge in [-0.1, -0.05) is 30.3 Å². The van der Waals surface area contributed by atoms with Crippen LogP contribution in [0.1, 0.15) is 72.3 Å². The third kappa shape index (κ3) is 7.36. The number of ether oxygens (including phenoxy) is 2. The van der Waals surface area contributed by atoms with Gasteiger partial charge in [-0.3, -0.25) is 0 Å². The van der Waals surface area contributed by atoms with Crippen molar-refractivity contribution >= 4 is 12.2 Å². The van der Waals surface area contributed by atoms with Crippen molar-refractivity contribution < 1.29 is 19.1 Å². The lowest BCUT2D eigenvalue weighted by molar-refractivity contribution is 0.0130. The molecule has 2 unspecified atom stereocenters. The van der Waals surface area contributed by atoms with Crippen LogP contribution < -0.4 is 5.73 Å². The van der Waals surface area contributed by atoms with E-state index in [2.05, 4.69) is 13.8 Å². The molecule has 2 aliphatic rings. The van der Waals surface area contributed by atoms with Gasteiger partial charge in [0.05, 0.1) is 0 Å². The van der Waals surface area contributed by atoms with Gasteiger partial charge < -0.3 is 25.0 Å². The first-order valence-electron chi connectivity index (χ1n) is 12.7. The fourth-order valence-electron chi connectivity index (χ4n) is 5.20. The van der Waals surface area contributed by atoms with Gasteiger partial charge in [0.2, 0.25) is 0 Å². The summed E-state index contributed by atoms with van der Waals surface area (Å²) in [5.41, 5.74) is 6.89. The second kappa shape index (κ2) is 11.0. The van der Waals surface area contributed by atoms with Crippen molar-refractivity contribution in [3.05, 3.63) is 35.9 Å². The maximum Gasteiger partial charge on any atom is 0.410 e. The van der Waals surface area contributed by atoms with Crippen LogP contribution in [0.2, 0.25) is 0 Å². The first-order chi connectivity index (χ1) is 15.9. The fraction of sp³-hybridized carbons (Fsp3) is 0.704. The molecule has 7 heteroatoms. The van der Waals surface area contributed by atoms with Gasteiger partial charge >= 0.3 is 12.2 Å². The van der Waals surface area contributed by atoms with E-state index in [4.69, 9.17) is 15.2 Å². The number of benzene rings is 1. The monoisotopic (exact) mass is 473 g/mol. The standard InChI is InChI=1S/C27H43N3O4/c1-26(2,3)34-25(32)30-18-21(17-27(30,4)5)11-12-23(28)22-13-15-29(16-14-22)24(31)33-19-20-9-7-6-8-10-20/h6-10,21-23H,11-19,28H2,1-5H3. The Kier molecular flexibility index (Phi) is 8.50. The molecule has 0 aromatic heterocycles. The number of nitrogens with zero attached hydrogens (tertiary/aromatic N) is 2. The molecule has 0 spiro atoms.